The smallest absolute Gasteiger partial charge is 0.0704 e. The van der Waals surface area contributed by atoms with Crippen molar-refractivity contribution >= 4 is 10.9 Å². The average molecular weight is 268 g/mol. The van der Waals surface area contributed by atoms with E-state index in [4.69, 9.17) is 5.73 Å². The molecule has 1 saturated carbocycles. The molecule has 1 aliphatic carbocycles. The average Bonchev–Trinajstić information content (AvgIpc) is 2.77. The maximum absolute atomic E-state index is 6.52. The third kappa shape index (κ3) is 3.01. The van der Waals surface area contributed by atoms with E-state index in [9.17, 15) is 0 Å². The first-order valence-corrected chi connectivity index (χ1v) is 7.93. The summed E-state index contributed by atoms with van der Waals surface area (Å²) in [5, 5.41) is 1.26. The second-order valence-electron chi connectivity index (χ2n) is 6.11. The van der Waals surface area contributed by atoms with Gasteiger partial charge in [0, 0.05) is 17.6 Å². The van der Waals surface area contributed by atoms with E-state index >= 15 is 0 Å². The number of aromatic nitrogens is 1. The highest BCUT2D eigenvalue weighted by atomic mass is 14.7. The maximum atomic E-state index is 6.52. The van der Waals surface area contributed by atoms with Crippen molar-refractivity contribution in [2.45, 2.75) is 51.0 Å². The summed E-state index contributed by atoms with van der Waals surface area (Å²) >= 11 is 0. The third-order valence-corrected chi connectivity index (χ3v) is 4.70. The van der Waals surface area contributed by atoms with E-state index in [-0.39, 0.29) is 0 Å². The second kappa shape index (κ2) is 6.36. The monoisotopic (exact) mass is 268 g/mol. The first-order chi connectivity index (χ1) is 9.84. The molecular formula is C18H24N2. The van der Waals surface area contributed by atoms with Gasteiger partial charge in [0.25, 0.3) is 0 Å². The minimum Gasteiger partial charge on any atom is -0.327 e. The number of hydrogen-bond acceptors (Lipinski definition) is 2. The van der Waals surface area contributed by atoms with E-state index in [1.165, 1.54) is 49.5 Å². The predicted octanol–water partition coefficient (Wildman–Crippen LogP) is 4.08. The zero-order chi connectivity index (χ0) is 13.8. The van der Waals surface area contributed by atoms with Gasteiger partial charge in [-0.15, -0.1) is 0 Å². The molecule has 1 aromatic heterocycles. The molecule has 0 spiro atoms. The first kappa shape index (κ1) is 13.6. The number of nitrogens with two attached hydrogens (primary N) is 1. The zero-order valence-electron chi connectivity index (χ0n) is 12.1. The summed E-state index contributed by atoms with van der Waals surface area (Å²) in [6, 6.07) is 10.8. The molecule has 3 rings (SSSR count). The van der Waals surface area contributed by atoms with Crippen LogP contribution in [0, 0.1) is 5.92 Å². The van der Waals surface area contributed by atoms with E-state index in [0.717, 1.165) is 11.9 Å². The highest BCUT2D eigenvalue weighted by Crippen LogP contribution is 2.27. The van der Waals surface area contributed by atoms with E-state index in [1.54, 1.807) is 0 Å². The normalized spacial score (nSPS) is 18.9. The number of nitrogens with zero attached hydrogens (tertiary/aromatic N) is 1. The molecule has 106 valence electrons. The zero-order valence-corrected chi connectivity index (χ0v) is 12.1. The van der Waals surface area contributed by atoms with Crippen LogP contribution in [0.2, 0.25) is 0 Å². The topological polar surface area (TPSA) is 38.9 Å². The molecular weight excluding hydrogens is 244 g/mol. The van der Waals surface area contributed by atoms with Crippen molar-refractivity contribution in [3.8, 4) is 0 Å². The molecule has 1 heterocycles. The van der Waals surface area contributed by atoms with Gasteiger partial charge >= 0.3 is 0 Å². The van der Waals surface area contributed by atoms with Gasteiger partial charge in [-0.25, -0.2) is 0 Å². The van der Waals surface area contributed by atoms with E-state index in [2.05, 4.69) is 29.2 Å². The standard InChI is InChI=1S/C18H24N2/c19-17(14-7-3-1-2-4-8-14)13-15-11-12-20-18-10-6-5-9-16(15)18/h5-6,9-12,14,17H,1-4,7-8,13,19H2. The van der Waals surface area contributed by atoms with Crippen molar-refractivity contribution in [3.05, 3.63) is 42.1 Å². The number of rotatable bonds is 3. The SMILES string of the molecule is NC(Cc1ccnc2ccccc12)C1CCCCCC1. The van der Waals surface area contributed by atoms with Crippen LogP contribution in [0.15, 0.2) is 36.5 Å². The molecule has 2 N–H and O–H groups in total. The number of fused-ring (bicyclic) bond motifs is 1. The largest absolute Gasteiger partial charge is 0.327 e. The molecule has 2 heteroatoms. The van der Waals surface area contributed by atoms with Crippen molar-refractivity contribution in [2.24, 2.45) is 11.7 Å². The fourth-order valence-electron chi connectivity index (χ4n) is 3.49. The first-order valence-electron chi connectivity index (χ1n) is 7.93. The molecule has 1 fully saturated rings. The third-order valence-electron chi connectivity index (χ3n) is 4.70. The van der Waals surface area contributed by atoms with Crippen LogP contribution in [0.25, 0.3) is 10.9 Å². The Morgan fingerprint density at radius 2 is 1.80 bits per heavy atom. The van der Waals surface area contributed by atoms with Crippen LogP contribution in [0.3, 0.4) is 0 Å². The molecule has 0 saturated heterocycles. The number of hydrogen-bond donors (Lipinski definition) is 1. The van der Waals surface area contributed by atoms with Crippen LogP contribution in [0.5, 0.6) is 0 Å². The molecule has 0 aliphatic heterocycles. The Morgan fingerprint density at radius 1 is 1.05 bits per heavy atom. The van der Waals surface area contributed by atoms with Gasteiger partial charge in [-0.1, -0.05) is 43.9 Å². The van der Waals surface area contributed by atoms with Crippen molar-refractivity contribution < 1.29 is 0 Å². The van der Waals surface area contributed by atoms with Crippen LogP contribution < -0.4 is 5.73 Å². The van der Waals surface area contributed by atoms with Crippen LogP contribution in [-0.4, -0.2) is 11.0 Å². The second-order valence-corrected chi connectivity index (χ2v) is 6.11. The quantitative estimate of drug-likeness (QED) is 0.852. The summed E-state index contributed by atoms with van der Waals surface area (Å²) in [6.45, 7) is 0. The van der Waals surface area contributed by atoms with Gasteiger partial charge in [0.05, 0.1) is 5.52 Å². The fraction of sp³-hybridized carbons (Fsp3) is 0.500. The molecule has 2 nitrogen and oxygen atoms in total. The van der Waals surface area contributed by atoms with Gasteiger partial charge in [-0.3, -0.25) is 4.98 Å². The molecule has 1 unspecified atom stereocenters. The highest BCUT2D eigenvalue weighted by Gasteiger charge is 2.20. The Balaban J connectivity index is 1.78. The lowest BCUT2D eigenvalue weighted by Gasteiger charge is -2.23. The summed E-state index contributed by atoms with van der Waals surface area (Å²) in [6.07, 6.45) is 11.0. The summed E-state index contributed by atoms with van der Waals surface area (Å²) in [5.41, 5.74) is 8.96. The molecule has 2 aromatic rings. The number of pyridine rings is 1. The molecule has 0 bridgehead atoms. The van der Waals surface area contributed by atoms with E-state index in [0.29, 0.717) is 12.0 Å². The van der Waals surface area contributed by atoms with Crippen molar-refractivity contribution in [2.75, 3.05) is 0 Å². The minimum absolute atomic E-state index is 0.291. The van der Waals surface area contributed by atoms with Gasteiger partial charge in [0.2, 0.25) is 0 Å². The lowest BCUT2D eigenvalue weighted by molar-refractivity contribution is 0.373. The molecule has 1 aromatic carbocycles. The predicted molar refractivity (Wildman–Crippen MR) is 84.6 cm³/mol. The Kier molecular flexibility index (Phi) is 4.31. The maximum Gasteiger partial charge on any atom is 0.0704 e. The summed E-state index contributed by atoms with van der Waals surface area (Å²) < 4.78 is 0. The van der Waals surface area contributed by atoms with Crippen molar-refractivity contribution in [1.29, 1.82) is 0 Å². The van der Waals surface area contributed by atoms with Gasteiger partial charge in [-0.2, -0.15) is 0 Å². The summed E-state index contributed by atoms with van der Waals surface area (Å²) in [7, 11) is 0. The Morgan fingerprint density at radius 3 is 2.60 bits per heavy atom. The number of para-hydroxylation sites is 1. The van der Waals surface area contributed by atoms with Gasteiger partial charge in [0.15, 0.2) is 0 Å². The van der Waals surface area contributed by atoms with Gasteiger partial charge in [0.1, 0.15) is 0 Å². The summed E-state index contributed by atoms with van der Waals surface area (Å²) in [5.74, 6) is 0.699. The molecule has 1 atom stereocenters. The lowest BCUT2D eigenvalue weighted by atomic mass is 9.88. The van der Waals surface area contributed by atoms with Crippen LogP contribution in [-0.2, 0) is 6.42 Å². The van der Waals surface area contributed by atoms with Gasteiger partial charge in [-0.05, 0) is 42.9 Å². The van der Waals surface area contributed by atoms with Gasteiger partial charge < -0.3 is 5.73 Å². The minimum atomic E-state index is 0.291. The summed E-state index contributed by atoms with van der Waals surface area (Å²) in [4.78, 5) is 4.44. The van der Waals surface area contributed by atoms with Crippen LogP contribution in [0.1, 0.15) is 44.1 Å². The Labute approximate surface area is 121 Å². The van der Waals surface area contributed by atoms with Crippen LogP contribution in [0.4, 0.5) is 0 Å². The molecule has 0 amide bonds. The molecule has 20 heavy (non-hydrogen) atoms. The van der Waals surface area contributed by atoms with Crippen molar-refractivity contribution in [3.63, 3.8) is 0 Å². The molecule has 0 radical (unpaired) electrons. The molecule has 1 aliphatic rings. The Bertz CT molecular complexity index is 551. The van der Waals surface area contributed by atoms with E-state index in [1.807, 2.05) is 12.3 Å². The number of benzene rings is 1. The fourth-order valence-corrected chi connectivity index (χ4v) is 3.49. The van der Waals surface area contributed by atoms with E-state index < -0.39 is 0 Å². The lowest BCUT2D eigenvalue weighted by Crippen LogP contribution is -2.32. The Hall–Kier alpha value is -1.41. The van der Waals surface area contributed by atoms with Crippen LogP contribution >= 0.6 is 0 Å². The highest BCUT2D eigenvalue weighted by molar-refractivity contribution is 5.81. The van der Waals surface area contributed by atoms with Crippen molar-refractivity contribution in [1.82, 2.24) is 4.98 Å².